The van der Waals surface area contributed by atoms with Gasteiger partial charge in [-0.05, 0) is 36.6 Å². The molecule has 1 aliphatic heterocycles. The third-order valence-corrected chi connectivity index (χ3v) is 5.90. The van der Waals surface area contributed by atoms with E-state index in [0.29, 0.717) is 26.1 Å². The second-order valence-electron chi connectivity index (χ2n) is 8.30. The zero-order chi connectivity index (χ0) is 21.6. The number of nitrogens with one attached hydrogen (secondary N) is 1. The average molecular weight is 417 g/mol. The number of piperidine rings is 1. The predicted octanol–water partition coefficient (Wildman–Crippen LogP) is 4.08. The lowest BCUT2D eigenvalue weighted by molar-refractivity contribution is -0.135. The Morgan fingerprint density at radius 2 is 1.87 bits per heavy atom. The molecule has 2 amide bonds. The Labute approximate surface area is 183 Å². The van der Waals surface area contributed by atoms with Crippen LogP contribution in [-0.2, 0) is 22.6 Å². The molecule has 1 aromatic heterocycles. The molecule has 2 heterocycles. The summed E-state index contributed by atoms with van der Waals surface area (Å²) >= 11 is 0. The fourth-order valence-electron chi connectivity index (χ4n) is 4.27. The van der Waals surface area contributed by atoms with Crippen molar-refractivity contribution in [2.75, 3.05) is 13.1 Å². The SMILES string of the molecule is Cc1cccc(C2CC(C(=O)NCc3ccco3)CN(C(=O)Cc3ccccc3)C2)c1. The van der Waals surface area contributed by atoms with E-state index < -0.39 is 0 Å². The smallest absolute Gasteiger partial charge is 0.227 e. The first-order valence-electron chi connectivity index (χ1n) is 10.8. The van der Waals surface area contributed by atoms with Crippen molar-refractivity contribution >= 4 is 11.8 Å². The van der Waals surface area contributed by atoms with Crippen LogP contribution in [0.4, 0.5) is 0 Å². The number of carbonyl (C=O) groups is 2. The normalized spacial score (nSPS) is 18.5. The lowest BCUT2D eigenvalue weighted by atomic mass is 9.83. The van der Waals surface area contributed by atoms with Gasteiger partial charge in [-0.2, -0.15) is 0 Å². The van der Waals surface area contributed by atoms with Crippen LogP contribution in [0.3, 0.4) is 0 Å². The second kappa shape index (κ2) is 9.65. The molecule has 160 valence electrons. The molecule has 0 spiro atoms. The van der Waals surface area contributed by atoms with Crippen LogP contribution < -0.4 is 5.32 Å². The Morgan fingerprint density at radius 3 is 2.61 bits per heavy atom. The summed E-state index contributed by atoms with van der Waals surface area (Å²) in [6.07, 6.45) is 2.67. The number of hydrogen-bond acceptors (Lipinski definition) is 3. The average Bonchev–Trinajstić information content (AvgIpc) is 3.31. The molecule has 5 nitrogen and oxygen atoms in total. The highest BCUT2D eigenvalue weighted by molar-refractivity contribution is 5.82. The van der Waals surface area contributed by atoms with Crippen molar-refractivity contribution in [1.82, 2.24) is 10.2 Å². The molecule has 5 heteroatoms. The summed E-state index contributed by atoms with van der Waals surface area (Å²) in [7, 11) is 0. The molecule has 2 unspecified atom stereocenters. The standard InChI is InChI=1S/C26H28N2O3/c1-19-7-5-10-21(13-19)22-15-23(26(30)27-16-24-11-6-12-31-24)18-28(17-22)25(29)14-20-8-3-2-4-9-20/h2-13,22-23H,14-18H2,1H3,(H,27,30). The minimum atomic E-state index is -0.256. The van der Waals surface area contributed by atoms with Crippen molar-refractivity contribution in [3.05, 3.63) is 95.4 Å². The Kier molecular flexibility index (Phi) is 6.51. The highest BCUT2D eigenvalue weighted by Gasteiger charge is 2.34. The van der Waals surface area contributed by atoms with Crippen molar-refractivity contribution in [2.24, 2.45) is 5.92 Å². The Hall–Kier alpha value is -3.34. The summed E-state index contributed by atoms with van der Waals surface area (Å²) in [6.45, 7) is 3.50. The quantitative estimate of drug-likeness (QED) is 0.659. The third kappa shape index (κ3) is 5.43. The monoisotopic (exact) mass is 416 g/mol. The lowest BCUT2D eigenvalue weighted by Gasteiger charge is -2.37. The van der Waals surface area contributed by atoms with Crippen molar-refractivity contribution < 1.29 is 14.0 Å². The number of hydrogen-bond donors (Lipinski definition) is 1. The summed E-state index contributed by atoms with van der Waals surface area (Å²) in [6, 6.07) is 21.8. The molecule has 1 aliphatic rings. The second-order valence-corrected chi connectivity index (χ2v) is 8.30. The Morgan fingerprint density at radius 1 is 1.03 bits per heavy atom. The lowest BCUT2D eigenvalue weighted by Crippen LogP contribution is -2.48. The van der Waals surface area contributed by atoms with Gasteiger partial charge >= 0.3 is 0 Å². The van der Waals surface area contributed by atoms with Crippen molar-refractivity contribution in [3.8, 4) is 0 Å². The number of rotatable bonds is 6. The van der Waals surface area contributed by atoms with Gasteiger partial charge in [0.1, 0.15) is 5.76 Å². The summed E-state index contributed by atoms with van der Waals surface area (Å²) < 4.78 is 5.32. The van der Waals surface area contributed by atoms with Crippen molar-refractivity contribution in [2.45, 2.75) is 32.2 Å². The van der Waals surface area contributed by atoms with Gasteiger partial charge < -0.3 is 14.6 Å². The molecule has 1 N–H and O–H groups in total. The van der Waals surface area contributed by atoms with Crippen molar-refractivity contribution in [1.29, 1.82) is 0 Å². The molecular formula is C26H28N2O3. The minimum Gasteiger partial charge on any atom is -0.467 e. The van der Waals surface area contributed by atoms with Crippen molar-refractivity contribution in [3.63, 3.8) is 0 Å². The molecule has 0 saturated carbocycles. The van der Waals surface area contributed by atoms with Crippen LogP contribution in [0.15, 0.2) is 77.4 Å². The van der Waals surface area contributed by atoms with Gasteiger partial charge in [0.15, 0.2) is 0 Å². The number of nitrogens with zero attached hydrogens (tertiary/aromatic N) is 1. The summed E-state index contributed by atoms with van der Waals surface area (Å²) in [4.78, 5) is 27.9. The third-order valence-electron chi connectivity index (χ3n) is 5.90. The molecule has 2 aromatic carbocycles. The highest BCUT2D eigenvalue weighted by Crippen LogP contribution is 2.31. The van der Waals surface area contributed by atoms with Crippen LogP contribution in [0.5, 0.6) is 0 Å². The van der Waals surface area contributed by atoms with E-state index >= 15 is 0 Å². The Bertz CT molecular complexity index is 1010. The largest absolute Gasteiger partial charge is 0.467 e. The molecule has 31 heavy (non-hydrogen) atoms. The zero-order valence-corrected chi connectivity index (χ0v) is 17.8. The fraction of sp³-hybridized carbons (Fsp3) is 0.308. The summed E-state index contributed by atoms with van der Waals surface area (Å²) in [5.41, 5.74) is 3.36. The number of amides is 2. The summed E-state index contributed by atoms with van der Waals surface area (Å²) in [5, 5.41) is 2.98. The first kappa shape index (κ1) is 20.9. The number of carbonyl (C=O) groups excluding carboxylic acids is 2. The van der Waals surface area contributed by atoms with E-state index in [-0.39, 0.29) is 23.7 Å². The van der Waals surface area contributed by atoms with Gasteiger partial charge in [0.2, 0.25) is 11.8 Å². The van der Waals surface area contributed by atoms with E-state index in [1.165, 1.54) is 11.1 Å². The number of likely N-dealkylation sites (tertiary alicyclic amines) is 1. The van der Waals surface area contributed by atoms with Crippen LogP contribution in [0.25, 0.3) is 0 Å². The maximum absolute atomic E-state index is 13.1. The molecule has 4 rings (SSSR count). The number of benzene rings is 2. The van der Waals surface area contributed by atoms with E-state index in [9.17, 15) is 9.59 Å². The Balaban J connectivity index is 1.50. The van der Waals surface area contributed by atoms with Crippen LogP contribution in [-0.4, -0.2) is 29.8 Å². The van der Waals surface area contributed by atoms with Gasteiger partial charge in [0.25, 0.3) is 0 Å². The molecule has 1 saturated heterocycles. The maximum atomic E-state index is 13.1. The maximum Gasteiger partial charge on any atom is 0.227 e. The van der Waals surface area contributed by atoms with Gasteiger partial charge in [0, 0.05) is 19.0 Å². The first-order valence-corrected chi connectivity index (χ1v) is 10.8. The van der Waals surface area contributed by atoms with E-state index in [1.54, 1.807) is 12.3 Å². The van der Waals surface area contributed by atoms with Crippen LogP contribution in [0.1, 0.15) is 34.8 Å². The topological polar surface area (TPSA) is 62.6 Å². The van der Waals surface area contributed by atoms with Gasteiger partial charge in [-0.15, -0.1) is 0 Å². The predicted molar refractivity (Wildman–Crippen MR) is 119 cm³/mol. The molecule has 1 fully saturated rings. The summed E-state index contributed by atoms with van der Waals surface area (Å²) in [5.74, 6) is 0.622. The van der Waals surface area contributed by atoms with E-state index in [1.807, 2.05) is 47.4 Å². The number of aryl methyl sites for hydroxylation is 1. The molecule has 0 bridgehead atoms. The zero-order valence-electron chi connectivity index (χ0n) is 17.8. The fourth-order valence-corrected chi connectivity index (χ4v) is 4.27. The van der Waals surface area contributed by atoms with E-state index in [0.717, 1.165) is 17.7 Å². The van der Waals surface area contributed by atoms with Gasteiger partial charge in [-0.1, -0.05) is 60.2 Å². The molecular weight excluding hydrogens is 388 g/mol. The van der Waals surface area contributed by atoms with Crippen LogP contribution in [0.2, 0.25) is 0 Å². The van der Waals surface area contributed by atoms with Gasteiger partial charge in [0.05, 0.1) is 25.1 Å². The van der Waals surface area contributed by atoms with E-state index in [2.05, 4.69) is 30.4 Å². The van der Waals surface area contributed by atoms with Gasteiger partial charge in [-0.25, -0.2) is 0 Å². The molecule has 3 aromatic rings. The molecule has 0 radical (unpaired) electrons. The number of furan rings is 1. The van der Waals surface area contributed by atoms with Crippen LogP contribution in [0, 0.1) is 12.8 Å². The highest BCUT2D eigenvalue weighted by atomic mass is 16.3. The minimum absolute atomic E-state index is 0.0359. The molecule has 2 atom stereocenters. The van der Waals surface area contributed by atoms with E-state index in [4.69, 9.17) is 4.42 Å². The van der Waals surface area contributed by atoms with Crippen LogP contribution >= 0.6 is 0 Å². The van der Waals surface area contributed by atoms with Gasteiger partial charge in [-0.3, -0.25) is 9.59 Å². The molecule has 0 aliphatic carbocycles. The first-order chi connectivity index (χ1) is 15.1.